The van der Waals surface area contributed by atoms with Gasteiger partial charge in [-0.15, -0.1) is 0 Å². The second-order valence-electron chi connectivity index (χ2n) is 8.57. The first-order chi connectivity index (χ1) is 17.8. The highest BCUT2D eigenvalue weighted by atomic mass is 16.6. The van der Waals surface area contributed by atoms with Crippen molar-refractivity contribution in [3.8, 4) is 11.5 Å². The first kappa shape index (κ1) is 27.8. The quantitative estimate of drug-likeness (QED) is 0.376. The summed E-state index contributed by atoms with van der Waals surface area (Å²) in [5, 5.41) is 0. The number of hydrogen-bond acceptors (Lipinski definition) is 9. The predicted molar refractivity (Wildman–Crippen MR) is 133 cm³/mol. The fourth-order valence-corrected chi connectivity index (χ4v) is 3.94. The zero-order valence-corrected chi connectivity index (χ0v) is 21.0. The van der Waals surface area contributed by atoms with Crippen LogP contribution >= 0.6 is 0 Å². The molecule has 0 saturated carbocycles. The van der Waals surface area contributed by atoms with Gasteiger partial charge in [-0.05, 0) is 56.0 Å². The molecule has 1 heterocycles. The Morgan fingerprint density at radius 3 is 2.32 bits per heavy atom. The van der Waals surface area contributed by atoms with Crippen molar-refractivity contribution in [2.75, 3.05) is 26.3 Å². The van der Waals surface area contributed by atoms with Crippen LogP contribution in [0.25, 0.3) is 0 Å². The Morgan fingerprint density at radius 2 is 1.68 bits per heavy atom. The van der Waals surface area contributed by atoms with Crippen molar-refractivity contribution in [1.82, 2.24) is 4.90 Å². The molecule has 1 atom stereocenters. The van der Waals surface area contributed by atoms with Gasteiger partial charge in [-0.3, -0.25) is 9.59 Å². The highest BCUT2D eigenvalue weighted by Crippen LogP contribution is 2.22. The van der Waals surface area contributed by atoms with E-state index < -0.39 is 23.9 Å². The van der Waals surface area contributed by atoms with Gasteiger partial charge in [-0.2, -0.15) is 0 Å². The Kier molecular flexibility index (Phi) is 10.2. The summed E-state index contributed by atoms with van der Waals surface area (Å²) >= 11 is 0. The molecular formula is C27H32N2O8. The van der Waals surface area contributed by atoms with Crippen LogP contribution in [0.3, 0.4) is 0 Å². The van der Waals surface area contributed by atoms with Crippen molar-refractivity contribution in [3.05, 3.63) is 59.7 Å². The van der Waals surface area contributed by atoms with Gasteiger partial charge in [0.05, 0.1) is 18.8 Å². The first-order valence-electron chi connectivity index (χ1n) is 12.2. The lowest BCUT2D eigenvalue weighted by atomic mass is 10.0. The average Bonchev–Trinajstić information content (AvgIpc) is 2.88. The molecule has 0 unspecified atom stereocenters. The summed E-state index contributed by atoms with van der Waals surface area (Å²) in [6, 6.07) is 12.3. The highest BCUT2D eigenvalue weighted by molar-refractivity contribution is 5.94. The molecule has 0 aliphatic carbocycles. The SMILES string of the molecule is CCOC(=O)COC1CCN(C(=O)[C@@H](N)Cc2ccc(OC(=O)c3ccccc3OC(C)=O)cc2)CC1. The minimum Gasteiger partial charge on any atom is -0.464 e. The van der Waals surface area contributed by atoms with Crippen LogP contribution in [0.5, 0.6) is 11.5 Å². The molecule has 10 heteroatoms. The molecular weight excluding hydrogens is 480 g/mol. The van der Waals surface area contributed by atoms with Crippen molar-refractivity contribution >= 4 is 23.8 Å². The maximum Gasteiger partial charge on any atom is 0.347 e. The van der Waals surface area contributed by atoms with Crippen molar-refractivity contribution in [3.63, 3.8) is 0 Å². The molecule has 1 amide bonds. The average molecular weight is 513 g/mol. The van der Waals surface area contributed by atoms with Crippen LogP contribution in [0.4, 0.5) is 0 Å². The molecule has 1 saturated heterocycles. The van der Waals surface area contributed by atoms with Crippen molar-refractivity contribution < 1.29 is 38.1 Å². The highest BCUT2D eigenvalue weighted by Gasteiger charge is 2.27. The standard InChI is InChI=1S/C27H32N2O8/c1-3-34-25(31)17-35-20-12-14-29(15-13-20)26(32)23(28)16-19-8-10-21(11-9-19)37-27(33)22-6-4-5-7-24(22)36-18(2)30/h4-11,20,23H,3,12-17,28H2,1-2H3/t23-/m0/s1. The number of esters is 3. The van der Waals surface area contributed by atoms with Crippen LogP contribution in [0.1, 0.15) is 42.6 Å². The second-order valence-corrected chi connectivity index (χ2v) is 8.57. The zero-order chi connectivity index (χ0) is 26.8. The fraction of sp³-hybridized carbons (Fsp3) is 0.407. The molecule has 1 aliphatic rings. The van der Waals surface area contributed by atoms with Crippen LogP contribution in [-0.4, -0.2) is 67.2 Å². The van der Waals surface area contributed by atoms with Gasteiger partial charge in [0.15, 0.2) is 0 Å². The molecule has 10 nitrogen and oxygen atoms in total. The molecule has 198 valence electrons. The number of ether oxygens (including phenoxy) is 4. The first-order valence-corrected chi connectivity index (χ1v) is 12.2. The maximum atomic E-state index is 12.8. The molecule has 1 aliphatic heterocycles. The van der Waals surface area contributed by atoms with E-state index in [2.05, 4.69) is 0 Å². The van der Waals surface area contributed by atoms with Crippen LogP contribution in [0.2, 0.25) is 0 Å². The van der Waals surface area contributed by atoms with Gasteiger partial charge in [0.2, 0.25) is 5.91 Å². The summed E-state index contributed by atoms with van der Waals surface area (Å²) in [7, 11) is 0. The van der Waals surface area contributed by atoms with Crippen LogP contribution in [0.15, 0.2) is 48.5 Å². The van der Waals surface area contributed by atoms with Gasteiger partial charge in [0.1, 0.15) is 23.7 Å². The van der Waals surface area contributed by atoms with Crippen molar-refractivity contribution in [2.45, 2.75) is 45.3 Å². The van der Waals surface area contributed by atoms with E-state index in [0.717, 1.165) is 5.56 Å². The van der Waals surface area contributed by atoms with Gasteiger partial charge in [-0.1, -0.05) is 24.3 Å². The number of rotatable bonds is 10. The van der Waals surface area contributed by atoms with Crippen LogP contribution in [-0.2, 0) is 30.3 Å². The summed E-state index contributed by atoms with van der Waals surface area (Å²) in [6.07, 6.45) is 1.47. The number of nitrogens with two attached hydrogens (primary N) is 1. The summed E-state index contributed by atoms with van der Waals surface area (Å²) < 4.78 is 20.9. The number of hydrogen-bond donors (Lipinski definition) is 1. The maximum absolute atomic E-state index is 12.8. The molecule has 3 rings (SSSR count). The molecule has 2 N–H and O–H groups in total. The summed E-state index contributed by atoms with van der Waals surface area (Å²) in [4.78, 5) is 49.8. The van der Waals surface area contributed by atoms with E-state index in [-0.39, 0.29) is 29.9 Å². The predicted octanol–water partition coefficient (Wildman–Crippen LogP) is 2.27. The van der Waals surface area contributed by atoms with E-state index in [1.54, 1.807) is 48.2 Å². The van der Waals surface area contributed by atoms with Gasteiger partial charge < -0.3 is 29.6 Å². The largest absolute Gasteiger partial charge is 0.464 e. The molecule has 0 aromatic heterocycles. The molecule has 1 fully saturated rings. The number of benzene rings is 2. The molecule has 2 aromatic rings. The molecule has 37 heavy (non-hydrogen) atoms. The van der Waals surface area contributed by atoms with Crippen molar-refractivity contribution in [1.29, 1.82) is 0 Å². The van der Waals surface area contributed by atoms with E-state index in [4.69, 9.17) is 24.7 Å². The minimum atomic E-state index is -0.721. The van der Waals surface area contributed by atoms with Gasteiger partial charge in [0.25, 0.3) is 0 Å². The number of para-hydroxylation sites is 1. The summed E-state index contributed by atoms with van der Waals surface area (Å²) in [5.41, 5.74) is 7.13. The second kappa shape index (κ2) is 13.5. The Hall–Kier alpha value is -3.76. The van der Waals surface area contributed by atoms with Gasteiger partial charge in [0, 0.05) is 20.0 Å². The number of nitrogens with zero attached hydrogens (tertiary/aromatic N) is 1. The third-order valence-corrected chi connectivity index (χ3v) is 5.76. The van der Waals surface area contributed by atoms with Gasteiger partial charge >= 0.3 is 17.9 Å². The number of piperidine rings is 1. The third-order valence-electron chi connectivity index (χ3n) is 5.76. The lowest BCUT2D eigenvalue weighted by Gasteiger charge is -2.33. The lowest BCUT2D eigenvalue weighted by molar-refractivity contribution is -0.152. The summed E-state index contributed by atoms with van der Waals surface area (Å²) in [6.45, 7) is 4.22. The molecule has 0 spiro atoms. The smallest absolute Gasteiger partial charge is 0.347 e. The topological polar surface area (TPSA) is 134 Å². The number of likely N-dealkylation sites (tertiary alicyclic amines) is 1. The molecule has 0 radical (unpaired) electrons. The monoisotopic (exact) mass is 512 g/mol. The fourth-order valence-electron chi connectivity index (χ4n) is 3.94. The normalized spacial score (nSPS) is 14.5. The number of amides is 1. The van der Waals surface area contributed by atoms with E-state index in [1.165, 1.54) is 19.1 Å². The minimum absolute atomic E-state index is 0.0873. The number of carbonyl (C=O) groups excluding carboxylic acids is 4. The third kappa shape index (κ3) is 8.40. The van der Waals surface area contributed by atoms with E-state index in [1.807, 2.05) is 0 Å². The molecule has 0 bridgehead atoms. The van der Waals surface area contributed by atoms with E-state index >= 15 is 0 Å². The lowest BCUT2D eigenvalue weighted by Crippen LogP contribution is -2.49. The Balaban J connectivity index is 1.48. The van der Waals surface area contributed by atoms with Crippen LogP contribution in [0, 0.1) is 0 Å². The van der Waals surface area contributed by atoms with E-state index in [0.29, 0.717) is 44.7 Å². The van der Waals surface area contributed by atoms with E-state index in [9.17, 15) is 19.2 Å². The Morgan fingerprint density at radius 1 is 1.00 bits per heavy atom. The zero-order valence-electron chi connectivity index (χ0n) is 21.0. The van der Waals surface area contributed by atoms with Gasteiger partial charge in [-0.25, -0.2) is 9.59 Å². The number of carbonyl (C=O) groups is 4. The Labute approximate surface area is 215 Å². The Bertz CT molecular complexity index is 1090. The summed E-state index contributed by atoms with van der Waals surface area (Å²) in [5.74, 6) is -1.32. The van der Waals surface area contributed by atoms with Crippen LogP contribution < -0.4 is 15.2 Å². The van der Waals surface area contributed by atoms with Crippen molar-refractivity contribution in [2.24, 2.45) is 5.73 Å². The molecule has 2 aromatic carbocycles.